The molecule has 1 N–H and O–H groups in total. The Morgan fingerprint density at radius 2 is 1.68 bits per heavy atom. The molecule has 0 heterocycles. The highest BCUT2D eigenvalue weighted by molar-refractivity contribution is 9.10. The Morgan fingerprint density at radius 1 is 1.16 bits per heavy atom. The van der Waals surface area contributed by atoms with Gasteiger partial charge >= 0.3 is 6.03 Å². The quantitative estimate of drug-likeness (QED) is 0.842. The van der Waals surface area contributed by atoms with Gasteiger partial charge in [-0.25, -0.2) is 4.79 Å². The molecule has 0 aliphatic rings. The van der Waals surface area contributed by atoms with Gasteiger partial charge in [0.25, 0.3) is 0 Å². The Balaban J connectivity index is 2.74. The van der Waals surface area contributed by atoms with Crippen molar-refractivity contribution in [1.29, 1.82) is 0 Å². The summed E-state index contributed by atoms with van der Waals surface area (Å²) in [5.74, 6) is 0.924. The van der Waals surface area contributed by atoms with Crippen LogP contribution in [0.15, 0.2) is 28.7 Å². The smallest absolute Gasteiger partial charge is 0.321 e. The molecule has 1 rings (SSSR count). The number of para-hydroxylation sites is 1. The summed E-state index contributed by atoms with van der Waals surface area (Å²) in [5, 5.41) is 2.96. The van der Waals surface area contributed by atoms with Crippen LogP contribution in [0.25, 0.3) is 0 Å². The molecular formula is C15H23BrN2O. The van der Waals surface area contributed by atoms with Crippen LogP contribution >= 0.6 is 15.9 Å². The average Bonchev–Trinajstić information content (AvgIpc) is 2.30. The highest BCUT2D eigenvalue weighted by Gasteiger charge is 2.16. The molecule has 0 aromatic heterocycles. The maximum absolute atomic E-state index is 12.3. The highest BCUT2D eigenvalue weighted by Crippen LogP contribution is 2.21. The topological polar surface area (TPSA) is 32.3 Å². The molecule has 4 heteroatoms. The molecule has 0 aliphatic heterocycles. The van der Waals surface area contributed by atoms with Crippen molar-refractivity contribution in [2.24, 2.45) is 11.8 Å². The number of nitrogens with one attached hydrogen (secondary N) is 1. The van der Waals surface area contributed by atoms with Crippen LogP contribution in [0.4, 0.5) is 10.5 Å². The van der Waals surface area contributed by atoms with E-state index in [1.165, 1.54) is 0 Å². The first-order valence-corrected chi connectivity index (χ1v) is 7.50. The zero-order valence-electron chi connectivity index (χ0n) is 12.1. The largest absolute Gasteiger partial charge is 0.324 e. The third-order valence-electron chi connectivity index (χ3n) is 2.57. The lowest BCUT2D eigenvalue weighted by Crippen LogP contribution is -2.39. The van der Waals surface area contributed by atoms with Gasteiger partial charge in [0.15, 0.2) is 0 Å². The van der Waals surface area contributed by atoms with E-state index in [9.17, 15) is 4.79 Å². The van der Waals surface area contributed by atoms with Crippen molar-refractivity contribution in [1.82, 2.24) is 4.90 Å². The second kappa shape index (κ2) is 7.53. The van der Waals surface area contributed by atoms with E-state index < -0.39 is 0 Å². The minimum atomic E-state index is -0.0331. The molecule has 0 unspecified atom stereocenters. The average molecular weight is 327 g/mol. The van der Waals surface area contributed by atoms with Gasteiger partial charge in [-0.15, -0.1) is 0 Å². The third-order valence-corrected chi connectivity index (χ3v) is 3.27. The molecule has 3 nitrogen and oxygen atoms in total. The number of benzene rings is 1. The molecule has 19 heavy (non-hydrogen) atoms. The van der Waals surface area contributed by atoms with Gasteiger partial charge in [0.1, 0.15) is 0 Å². The molecule has 0 saturated heterocycles. The summed E-state index contributed by atoms with van der Waals surface area (Å²) in [6.07, 6.45) is 0. The van der Waals surface area contributed by atoms with Gasteiger partial charge in [0.2, 0.25) is 0 Å². The van der Waals surface area contributed by atoms with Crippen molar-refractivity contribution in [3.8, 4) is 0 Å². The molecule has 0 saturated carbocycles. The molecule has 2 amide bonds. The number of carbonyl (C=O) groups excluding carboxylic acids is 1. The fraction of sp³-hybridized carbons (Fsp3) is 0.533. The lowest BCUT2D eigenvalue weighted by atomic mass is 10.1. The summed E-state index contributed by atoms with van der Waals surface area (Å²) in [6, 6.07) is 7.62. The lowest BCUT2D eigenvalue weighted by molar-refractivity contribution is 0.196. The molecular weight excluding hydrogens is 304 g/mol. The number of hydrogen-bond donors (Lipinski definition) is 1. The van der Waals surface area contributed by atoms with Crippen molar-refractivity contribution in [3.05, 3.63) is 28.7 Å². The van der Waals surface area contributed by atoms with Crippen LogP contribution in [-0.4, -0.2) is 24.0 Å². The first-order chi connectivity index (χ1) is 8.90. The van der Waals surface area contributed by atoms with Crippen LogP contribution in [0, 0.1) is 11.8 Å². The Morgan fingerprint density at radius 3 is 2.16 bits per heavy atom. The minimum Gasteiger partial charge on any atom is -0.324 e. The van der Waals surface area contributed by atoms with Gasteiger partial charge in [-0.3, -0.25) is 0 Å². The van der Waals surface area contributed by atoms with E-state index in [0.717, 1.165) is 23.2 Å². The number of urea groups is 1. The number of rotatable bonds is 5. The van der Waals surface area contributed by atoms with Crippen molar-refractivity contribution in [3.63, 3.8) is 0 Å². The molecule has 0 fully saturated rings. The molecule has 0 atom stereocenters. The van der Waals surface area contributed by atoms with Gasteiger partial charge in [-0.2, -0.15) is 0 Å². The fourth-order valence-corrected chi connectivity index (χ4v) is 2.26. The third kappa shape index (κ3) is 5.64. The first-order valence-electron chi connectivity index (χ1n) is 6.70. The van der Waals surface area contributed by atoms with E-state index in [1.807, 2.05) is 29.2 Å². The minimum absolute atomic E-state index is 0.0331. The zero-order valence-corrected chi connectivity index (χ0v) is 13.7. The number of amides is 2. The van der Waals surface area contributed by atoms with Crippen LogP contribution in [-0.2, 0) is 0 Å². The van der Waals surface area contributed by atoms with E-state index in [2.05, 4.69) is 48.9 Å². The predicted molar refractivity (Wildman–Crippen MR) is 84.4 cm³/mol. The maximum atomic E-state index is 12.3. The molecule has 0 radical (unpaired) electrons. The van der Waals surface area contributed by atoms with Crippen LogP contribution in [0.5, 0.6) is 0 Å². The Labute approximate surface area is 124 Å². The second-order valence-electron chi connectivity index (χ2n) is 5.60. The van der Waals surface area contributed by atoms with E-state index in [-0.39, 0.29) is 6.03 Å². The van der Waals surface area contributed by atoms with Gasteiger partial charge in [-0.05, 0) is 39.9 Å². The summed E-state index contributed by atoms with van der Waals surface area (Å²) in [6.45, 7) is 10.0. The van der Waals surface area contributed by atoms with Crippen LogP contribution in [0.3, 0.4) is 0 Å². The summed E-state index contributed by atoms with van der Waals surface area (Å²) in [4.78, 5) is 14.2. The van der Waals surface area contributed by atoms with Crippen molar-refractivity contribution in [2.45, 2.75) is 27.7 Å². The molecule has 0 bridgehead atoms. The van der Waals surface area contributed by atoms with Gasteiger partial charge in [0.05, 0.1) is 5.69 Å². The molecule has 106 valence electrons. The second-order valence-corrected chi connectivity index (χ2v) is 6.46. The zero-order chi connectivity index (χ0) is 14.4. The van der Waals surface area contributed by atoms with E-state index in [0.29, 0.717) is 11.8 Å². The molecule has 0 aliphatic carbocycles. The molecule has 1 aromatic carbocycles. The number of carbonyl (C=O) groups is 1. The van der Waals surface area contributed by atoms with E-state index in [1.54, 1.807) is 0 Å². The SMILES string of the molecule is CC(C)CN(CC(C)C)C(=O)Nc1ccccc1Br. The predicted octanol–water partition coefficient (Wildman–Crippen LogP) is 4.60. The standard InChI is InChI=1S/C15H23BrN2O/c1-11(2)9-18(10-12(3)4)15(19)17-14-8-6-5-7-13(14)16/h5-8,11-12H,9-10H2,1-4H3,(H,17,19). The summed E-state index contributed by atoms with van der Waals surface area (Å²) < 4.78 is 0.900. The Hall–Kier alpha value is -1.03. The van der Waals surface area contributed by atoms with Crippen molar-refractivity contribution in [2.75, 3.05) is 18.4 Å². The number of anilines is 1. The summed E-state index contributed by atoms with van der Waals surface area (Å²) in [5.41, 5.74) is 0.810. The van der Waals surface area contributed by atoms with Gasteiger partial charge in [0, 0.05) is 17.6 Å². The maximum Gasteiger partial charge on any atom is 0.321 e. The highest BCUT2D eigenvalue weighted by atomic mass is 79.9. The van der Waals surface area contributed by atoms with E-state index >= 15 is 0 Å². The summed E-state index contributed by atoms with van der Waals surface area (Å²) in [7, 11) is 0. The fourth-order valence-electron chi connectivity index (χ4n) is 1.88. The molecule has 1 aromatic rings. The van der Waals surface area contributed by atoms with Crippen molar-refractivity contribution < 1.29 is 4.79 Å². The van der Waals surface area contributed by atoms with Gasteiger partial charge < -0.3 is 10.2 Å². The molecule has 0 spiro atoms. The summed E-state index contributed by atoms with van der Waals surface area (Å²) >= 11 is 3.44. The Kier molecular flexibility index (Phi) is 6.35. The number of nitrogens with zero attached hydrogens (tertiary/aromatic N) is 1. The van der Waals surface area contributed by atoms with Crippen LogP contribution in [0.2, 0.25) is 0 Å². The van der Waals surface area contributed by atoms with E-state index in [4.69, 9.17) is 0 Å². The van der Waals surface area contributed by atoms with Crippen molar-refractivity contribution >= 4 is 27.6 Å². The Bertz CT molecular complexity index is 408. The van der Waals surface area contributed by atoms with Crippen LogP contribution < -0.4 is 5.32 Å². The first kappa shape index (κ1) is 16.0. The van der Waals surface area contributed by atoms with Crippen LogP contribution in [0.1, 0.15) is 27.7 Å². The monoisotopic (exact) mass is 326 g/mol. The van der Waals surface area contributed by atoms with Gasteiger partial charge in [-0.1, -0.05) is 39.8 Å². The normalized spacial score (nSPS) is 10.9. The lowest BCUT2D eigenvalue weighted by Gasteiger charge is -2.26. The number of halogens is 1. The number of hydrogen-bond acceptors (Lipinski definition) is 1.